The first-order chi connectivity index (χ1) is 11.6. The van der Waals surface area contributed by atoms with Crippen LogP contribution in [0.15, 0.2) is 59.2 Å². The lowest BCUT2D eigenvalue weighted by Gasteiger charge is -2.08. The third-order valence-corrected chi connectivity index (χ3v) is 4.81. The molecule has 1 unspecified atom stereocenters. The number of anilines is 1. The average molecular weight is 324 g/mol. The van der Waals surface area contributed by atoms with Crippen LogP contribution in [0.5, 0.6) is 0 Å². The summed E-state index contributed by atoms with van der Waals surface area (Å²) in [6.45, 7) is 9.96. The zero-order valence-corrected chi connectivity index (χ0v) is 15.9. The fourth-order valence-electron chi connectivity index (χ4n) is 3.25. The monoisotopic (exact) mass is 323 g/mol. The van der Waals surface area contributed by atoms with E-state index in [0.29, 0.717) is 5.92 Å². The highest BCUT2D eigenvalue weighted by molar-refractivity contribution is 5.57. The van der Waals surface area contributed by atoms with E-state index in [-0.39, 0.29) is 0 Å². The van der Waals surface area contributed by atoms with Crippen LogP contribution >= 0.6 is 0 Å². The van der Waals surface area contributed by atoms with Crippen LogP contribution in [0.3, 0.4) is 0 Å². The first kappa shape index (κ1) is 18.6. The van der Waals surface area contributed by atoms with Gasteiger partial charge in [-0.05, 0) is 71.4 Å². The van der Waals surface area contributed by atoms with Gasteiger partial charge in [0.1, 0.15) is 0 Å². The summed E-state index contributed by atoms with van der Waals surface area (Å²) in [5.41, 5.74) is 7.27. The second kappa shape index (κ2) is 9.52. The Morgan fingerprint density at radius 3 is 2.38 bits per heavy atom. The molecule has 1 nitrogen and oxygen atoms in total. The van der Waals surface area contributed by atoms with Gasteiger partial charge in [0, 0.05) is 18.2 Å². The minimum atomic E-state index is 0.637. The molecule has 1 aliphatic heterocycles. The molecule has 0 saturated carbocycles. The summed E-state index contributed by atoms with van der Waals surface area (Å²) in [4.78, 5) is 0. The van der Waals surface area contributed by atoms with Crippen LogP contribution < -0.4 is 5.32 Å². The molecule has 1 aromatic rings. The van der Waals surface area contributed by atoms with E-state index in [0.717, 1.165) is 13.0 Å². The predicted molar refractivity (Wildman–Crippen MR) is 108 cm³/mol. The SMILES string of the molecule is CC(C)=CCCC(C)=CCCC(C)=CCC1CNc2ccccc21. The molecule has 1 N–H and O–H groups in total. The van der Waals surface area contributed by atoms with E-state index in [2.05, 4.69) is 75.5 Å². The van der Waals surface area contributed by atoms with Crippen molar-refractivity contribution in [2.45, 2.75) is 65.7 Å². The van der Waals surface area contributed by atoms with E-state index in [9.17, 15) is 0 Å². The molecule has 24 heavy (non-hydrogen) atoms. The van der Waals surface area contributed by atoms with Gasteiger partial charge in [-0.15, -0.1) is 0 Å². The molecule has 0 bridgehead atoms. The van der Waals surface area contributed by atoms with Gasteiger partial charge in [-0.25, -0.2) is 0 Å². The van der Waals surface area contributed by atoms with Crippen molar-refractivity contribution in [2.24, 2.45) is 0 Å². The van der Waals surface area contributed by atoms with E-state index in [4.69, 9.17) is 0 Å². The topological polar surface area (TPSA) is 12.0 Å². The number of hydrogen-bond acceptors (Lipinski definition) is 1. The second-order valence-electron chi connectivity index (χ2n) is 7.36. The van der Waals surface area contributed by atoms with Gasteiger partial charge >= 0.3 is 0 Å². The summed E-state index contributed by atoms with van der Waals surface area (Å²) in [7, 11) is 0. The number of benzene rings is 1. The molecular formula is C23H33N. The zero-order chi connectivity index (χ0) is 17.4. The van der Waals surface area contributed by atoms with Gasteiger partial charge in [0.2, 0.25) is 0 Å². The van der Waals surface area contributed by atoms with Gasteiger partial charge in [-0.1, -0.05) is 53.1 Å². The fourth-order valence-corrected chi connectivity index (χ4v) is 3.25. The minimum Gasteiger partial charge on any atom is -0.384 e. The Morgan fingerprint density at radius 2 is 1.62 bits per heavy atom. The van der Waals surface area contributed by atoms with E-state index in [1.807, 2.05) is 0 Å². The van der Waals surface area contributed by atoms with Crippen molar-refractivity contribution in [1.29, 1.82) is 0 Å². The first-order valence-electron chi connectivity index (χ1n) is 9.33. The van der Waals surface area contributed by atoms with Gasteiger partial charge in [0.05, 0.1) is 0 Å². The standard InChI is InChI=1S/C23H33N/c1-18(2)9-7-10-19(3)11-8-12-20(4)15-16-21-17-24-23-14-6-5-13-22(21)23/h5-6,9,11,13-15,21,24H,7-8,10,12,16-17H2,1-4H3. The minimum absolute atomic E-state index is 0.637. The largest absolute Gasteiger partial charge is 0.384 e. The Hall–Kier alpha value is -1.76. The fraction of sp³-hybridized carbons (Fsp3) is 0.478. The molecule has 0 radical (unpaired) electrons. The Bertz CT molecular complexity index is 615. The van der Waals surface area contributed by atoms with Crippen LogP contribution in [0, 0.1) is 0 Å². The van der Waals surface area contributed by atoms with Crippen molar-refractivity contribution in [3.63, 3.8) is 0 Å². The van der Waals surface area contributed by atoms with Gasteiger partial charge < -0.3 is 5.32 Å². The molecule has 2 rings (SSSR count). The van der Waals surface area contributed by atoms with Crippen LogP contribution in [0.4, 0.5) is 5.69 Å². The number of para-hydroxylation sites is 1. The molecule has 130 valence electrons. The zero-order valence-electron chi connectivity index (χ0n) is 15.9. The summed E-state index contributed by atoms with van der Waals surface area (Å²) in [5, 5.41) is 3.52. The Kier molecular flexibility index (Phi) is 7.36. The average Bonchev–Trinajstić information content (AvgIpc) is 2.96. The number of fused-ring (bicyclic) bond motifs is 1. The normalized spacial score (nSPS) is 17.4. The van der Waals surface area contributed by atoms with Gasteiger partial charge in [-0.3, -0.25) is 0 Å². The summed E-state index contributed by atoms with van der Waals surface area (Å²) in [6, 6.07) is 8.72. The van der Waals surface area contributed by atoms with E-state index < -0.39 is 0 Å². The lowest BCUT2D eigenvalue weighted by molar-refractivity contribution is 0.763. The number of allylic oxidation sites excluding steroid dienone is 6. The lowest BCUT2D eigenvalue weighted by atomic mass is 9.96. The van der Waals surface area contributed by atoms with Gasteiger partial charge in [0.25, 0.3) is 0 Å². The third kappa shape index (κ3) is 6.03. The quantitative estimate of drug-likeness (QED) is 0.507. The summed E-state index contributed by atoms with van der Waals surface area (Å²) in [5.74, 6) is 0.637. The van der Waals surface area contributed by atoms with E-state index >= 15 is 0 Å². The molecule has 0 aromatic heterocycles. The van der Waals surface area contributed by atoms with E-state index in [1.165, 1.54) is 53.7 Å². The van der Waals surface area contributed by atoms with Crippen LogP contribution in [0.1, 0.15) is 71.3 Å². The summed E-state index contributed by atoms with van der Waals surface area (Å²) < 4.78 is 0. The Labute approximate surface area is 148 Å². The highest BCUT2D eigenvalue weighted by atomic mass is 14.9. The number of hydrogen-bond donors (Lipinski definition) is 1. The molecule has 1 aromatic carbocycles. The summed E-state index contributed by atoms with van der Waals surface area (Å²) >= 11 is 0. The lowest BCUT2D eigenvalue weighted by Crippen LogP contribution is -2.00. The van der Waals surface area contributed by atoms with Crippen molar-refractivity contribution >= 4 is 5.69 Å². The maximum atomic E-state index is 3.52. The van der Waals surface area contributed by atoms with Crippen molar-refractivity contribution in [1.82, 2.24) is 0 Å². The van der Waals surface area contributed by atoms with Crippen molar-refractivity contribution in [2.75, 3.05) is 11.9 Å². The highest BCUT2D eigenvalue weighted by Crippen LogP contribution is 2.33. The molecule has 0 saturated heterocycles. The van der Waals surface area contributed by atoms with Crippen molar-refractivity contribution in [3.8, 4) is 0 Å². The van der Waals surface area contributed by atoms with Crippen molar-refractivity contribution in [3.05, 3.63) is 64.8 Å². The predicted octanol–water partition coefficient (Wildman–Crippen LogP) is 7.01. The molecule has 0 amide bonds. The molecule has 1 atom stereocenters. The summed E-state index contributed by atoms with van der Waals surface area (Å²) in [6.07, 6.45) is 13.1. The Morgan fingerprint density at radius 1 is 0.958 bits per heavy atom. The molecule has 0 fully saturated rings. The van der Waals surface area contributed by atoms with Crippen LogP contribution in [-0.4, -0.2) is 6.54 Å². The smallest absolute Gasteiger partial charge is 0.0376 e. The molecule has 1 aliphatic rings. The molecule has 1 heterocycles. The third-order valence-electron chi connectivity index (χ3n) is 4.81. The molecule has 0 aliphatic carbocycles. The van der Waals surface area contributed by atoms with Crippen molar-refractivity contribution < 1.29 is 0 Å². The number of nitrogens with one attached hydrogen (secondary N) is 1. The first-order valence-corrected chi connectivity index (χ1v) is 9.33. The second-order valence-corrected chi connectivity index (χ2v) is 7.36. The van der Waals surface area contributed by atoms with E-state index in [1.54, 1.807) is 0 Å². The van der Waals surface area contributed by atoms with Gasteiger partial charge in [0.15, 0.2) is 0 Å². The molecule has 1 heteroatoms. The van der Waals surface area contributed by atoms with Crippen LogP contribution in [0.25, 0.3) is 0 Å². The number of rotatable bonds is 8. The highest BCUT2D eigenvalue weighted by Gasteiger charge is 2.19. The maximum Gasteiger partial charge on any atom is 0.0376 e. The molecule has 0 spiro atoms. The molecular weight excluding hydrogens is 290 g/mol. The van der Waals surface area contributed by atoms with Gasteiger partial charge in [-0.2, -0.15) is 0 Å². The van der Waals surface area contributed by atoms with Crippen LogP contribution in [-0.2, 0) is 0 Å². The van der Waals surface area contributed by atoms with Crippen LogP contribution in [0.2, 0.25) is 0 Å². The maximum absolute atomic E-state index is 3.52. The Balaban J connectivity index is 1.74.